The molecule has 0 atom stereocenters. The van der Waals surface area contributed by atoms with E-state index in [0.29, 0.717) is 5.75 Å². The van der Waals surface area contributed by atoms with Gasteiger partial charge in [-0.15, -0.1) is 0 Å². The fourth-order valence-electron chi connectivity index (χ4n) is 2.37. The van der Waals surface area contributed by atoms with Gasteiger partial charge in [-0.2, -0.15) is 13.2 Å². The highest BCUT2D eigenvalue weighted by Gasteiger charge is 2.34. The lowest BCUT2D eigenvalue weighted by atomic mass is 10.1. The Morgan fingerprint density at radius 1 is 1.08 bits per heavy atom. The van der Waals surface area contributed by atoms with Gasteiger partial charge < -0.3 is 10.1 Å². The lowest BCUT2D eigenvalue weighted by molar-refractivity contribution is -0.137. The molecule has 0 fully saturated rings. The zero-order valence-electron chi connectivity index (χ0n) is 13.4. The van der Waals surface area contributed by atoms with Crippen molar-refractivity contribution in [3.05, 3.63) is 64.7 Å². The second kappa shape index (κ2) is 7.38. The van der Waals surface area contributed by atoms with Crippen LogP contribution in [0.15, 0.2) is 42.5 Å². The number of halogens is 3. The number of hydrogen-bond acceptors (Lipinski definition) is 2. The Labute approximate surface area is 138 Å². The fraction of sp³-hybridized carbons (Fsp3) is 0.278. The Bertz CT molecular complexity index is 706. The van der Waals surface area contributed by atoms with Crippen LogP contribution in [0.3, 0.4) is 0 Å². The summed E-state index contributed by atoms with van der Waals surface area (Å²) in [6.45, 7) is 4.16. The summed E-state index contributed by atoms with van der Waals surface area (Å²) in [5, 5.41) is 2.45. The summed E-state index contributed by atoms with van der Waals surface area (Å²) in [7, 11) is 0. The minimum atomic E-state index is -4.57. The van der Waals surface area contributed by atoms with Gasteiger partial charge in [-0.3, -0.25) is 4.79 Å². The smallest absolute Gasteiger partial charge is 0.417 e. The molecule has 0 radical (unpaired) electrons. The molecule has 6 heteroatoms. The maximum Gasteiger partial charge on any atom is 0.417 e. The summed E-state index contributed by atoms with van der Waals surface area (Å²) in [6, 6.07) is 10.4. The molecule has 0 saturated carbocycles. The van der Waals surface area contributed by atoms with E-state index < -0.39 is 23.2 Å². The molecule has 128 valence electrons. The average molecular weight is 337 g/mol. The molecule has 24 heavy (non-hydrogen) atoms. The van der Waals surface area contributed by atoms with E-state index in [0.717, 1.165) is 23.3 Å². The number of carbonyl (C=O) groups excluding carboxylic acids is 1. The summed E-state index contributed by atoms with van der Waals surface area (Å²) in [4.78, 5) is 12.0. The third-order valence-corrected chi connectivity index (χ3v) is 3.33. The molecule has 1 amide bonds. The number of alkyl halides is 3. The molecule has 0 heterocycles. The zero-order chi connectivity index (χ0) is 17.7. The van der Waals surface area contributed by atoms with Crippen molar-refractivity contribution in [2.24, 2.45) is 0 Å². The van der Waals surface area contributed by atoms with E-state index in [-0.39, 0.29) is 13.2 Å². The summed E-state index contributed by atoms with van der Waals surface area (Å²) in [6.07, 6.45) is -4.57. The van der Waals surface area contributed by atoms with Gasteiger partial charge in [0.15, 0.2) is 0 Å². The number of aryl methyl sites for hydroxylation is 2. The van der Waals surface area contributed by atoms with E-state index in [9.17, 15) is 18.0 Å². The van der Waals surface area contributed by atoms with Gasteiger partial charge in [0.05, 0.1) is 17.7 Å². The van der Waals surface area contributed by atoms with Crippen LogP contribution in [0.5, 0.6) is 5.75 Å². The second-order valence-corrected chi connectivity index (χ2v) is 5.47. The highest BCUT2D eigenvalue weighted by molar-refractivity contribution is 5.95. The van der Waals surface area contributed by atoms with Crippen molar-refractivity contribution >= 4 is 5.91 Å². The summed E-state index contributed by atoms with van der Waals surface area (Å²) >= 11 is 0. The largest absolute Gasteiger partial charge is 0.492 e. The van der Waals surface area contributed by atoms with Crippen LogP contribution in [0.2, 0.25) is 0 Å². The van der Waals surface area contributed by atoms with Gasteiger partial charge in [0.2, 0.25) is 0 Å². The molecule has 3 nitrogen and oxygen atoms in total. The first kappa shape index (κ1) is 17.8. The third kappa shape index (κ3) is 4.75. The van der Waals surface area contributed by atoms with Gasteiger partial charge in [-0.1, -0.05) is 18.2 Å². The van der Waals surface area contributed by atoms with E-state index >= 15 is 0 Å². The highest BCUT2D eigenvalue weighted by atomic mass is 19.4. The quantitative estimate of drug-likeness (QED) is 0.833. The number of rotatable bonds is 5. The highest BCUT2D eigenvalue weighted by Crippen LogP contribution is 2.31. The van der Waals surface area contributed by atoms with Crippen LogP contribution in [0.4, 0.5) is 13.2 Å². The average Bonchev–Trinajstić information content (AvgIpc) is 2.49. The molecule has 0 aromatic heterocycles. The molecule has 2 aromatic carbocycles. The third-order valence-electron chi connectivity index (χ3n) is 3.33. The minimum absolute atomic E-state index is 0.109. The van der Waals surface area contributed by atoms with Crippen LogP contribution in [-0.4, -0.2) is 19.1 Å². The van der Waals surface area contributed by atoms with E-state index in [1.54, 1.807) is 0 Å². The van der Waals surface area contributed by atoms with E-state index in [1.165, 1.54) is 12.1 Å². The van der Waals surface area contributed by atoms with Crippen molar-refractivity contribution in [1.29, 1.82) is 0 Å². The van der Waals surface area contributed by atoms with Crippen molar-refractivity contribution in [2.75, 3.05) is 13.2 Å². The molecule has 0 aliphatic carbocycles. The number of ether oxygens (including phenoxy) is 1. The van der Waals surface area contributed by atoms with Gasteiger partial charge in [0.25, 0.3) is 5.91 Å². The molecule has 0 aliphatic rings. The Morgan fingerprint density at radius 2 is 1.71 bits per heavy atom. The normalized spacial score (nSPS) is 11.2. The van der Waals surface area contributed by atoms with Crippen LogP contribution < -0.4 is 10.1 Å². The molecule has 0 aliphatic heterocycles. The molecule has 0 bridgehead atoms. The molecule has 0 saturated heterocycles. The van der Waals surface area contributed by atoms with Crippen LogP contribution >= 0.6 is 0 Å². The SMILES string of the molecule is Cc1cc(C)cc(OCCNC(=O)c2ccccc2C(F)(F)F)c1. The Morgan fingerprint density at radius 3 is 2.33 bits per heavy atom. The van der Waals surface area contributed by atoms with Crippen LogP contribution in [0, 0.1) is 13.8 Å². The summed E-state index contributed by atoms with van der Waals surface area (Å²) in [5.41, 5.74) is 0.760. The number of nitrogens with one attached hydrogen (secondary N) is 1. The molecule has 2 aromatic rings. The molecule has 2 rings (SSSR count). The van der Waals surface area contributed by atoms with E-state index in [2.05, 4.69) is 5.32 Å². The van der Waals surface area contributed by atoms with Gasteiger partial charge in [-0.25, -0.2) is 0 Å². The molecular formula is C18H18F3NO2. The van der Waals surface area contributed by atoms with Crippen molar-refractivity contribution in [2.45, 2.75) is 20.0 Å². The minimum Gasteiger partial charge on any atom is -0.492 e. The lowest BCUT2D eigenvalue weighted by Crippen LogP contribution is -2.30. The predicted octanol–water partition coefficient (Wildman–Crippen LogP) is 4.13. The first-order valence-corrected chi connectivity index (χ1v) is 7.43. The number of benzene rings is 2. The van der Waals surface area contributed by atoms with Crippen molar-refractivity contribution in [3.8, 4) is 5.75 Å². The van der Waals surface area contributed by atoms with E-state index in [1.807, 2.05) is 32.0 Å². The van der Waals surface area contributed by atoms with Gasteiger partial charge in [0, 0.05) is 0 Å². The first-order chi connectivity index (χ1) is 11.3. The molecule has 0 spiro atoms. The summed E-state index contributed by atoms with van der Waals surface area (Å²) in [5.74, 6) is -0.107. The molecular weight excluding hydrogens is 319 g/mol. The first-order valence-electron chi connectivity index (χ1n) is 7.43. The summed E-state index contributed by atoms with van der Waals surface area (Å²) < 4.78 is 44.2. The predicted molar refractivity (Wildman–Crippen MR) is 85.2 cm³/mol. The number of hydrogen-bond donors (Lipinski definition) is 1. The monoisotopic (exact) mass is 337 g/mol. The van der Waals surface area contributed by atoms with Gasteiger partial charge in [0.1, 0.15) is 12.4 Å². The Hall–Kier alpha value is -2.50. The second-order valence-electron chi connectivity index (χ2n) is 5.47. The van der Waals surface area contributed by atoms with Crippen LogP contribution in [0.1, 0.15) is 27.0 Å². The molecule has 0 unspecified atom stereocenters. The number of amides is 1. The van der Waals surface area contributed by atoms with Gasteiger partial charge >= 0.3 is 6.18 Å². The zero-order valence-corrected chi connectivity index (χ0v) is 13.4. The topological polar surface area (TPSA) is 38.3 Å². The van der Waals surface area contributed by atoms with E-state index in [4.69, 9.17) is 4.74 Å². The Kier molecular flexibility index (Phi) is 5.49. The van der Waals surface area contributed by atoms with Gasteiger partial charge in [-0.05, 0) is 49.2 Å². The van der Waals surface area contributed by atoms with Crippen molar-refractivity contribution in [1.82, 2.24) is 5.32 Å². The van der Waals surface area contributed by atoms with Crippen molar-refractivity contribution in [3.63, 3.8) is 0 Å². The number of carbonyl (C=O) groups is 1. The standard InChI is InChI=1S/C18H18F3NO2/c1-12-9-13(2)11-14(10-12)24-8-7-22-17(23)15-5-3-4-6-16(15)18(19,20)21/h3-6,9-11H,7-8H2,1-2H3,(H,22,23). The van der Waals surface area contributed by atoms with Crippen LogP contribution in [0.25, 0.3) is 0 Å². The van der Waals surface area contributed by atoms with Crippen molar-refractivity contribution < 1.29 is 22.7 Å². The maximum absolute atomic E-state index is 12.9. The molecule has 1 N–H and O–H groups in total. The lowest BCUT2D eigenvalue weighted by Gasteiger charge is -2.13. The maximum atomic E-state index is 12.9. The Balaban J connectivity index is 1.92. The fourth-order valence-corrected chi connectivity index (χ4v) is 2.37. The van der Waals surface area contributed by atoms with Crippen LogP contribution in [-0.2, 0) is 6.18 Å².